The highest BCUT2D eigenvalue weighted by molar-refractivity contribution is 5.85. The number of likely N-dealkylation sites (N-methyl/N-ethyl adjacent to an activating group) is 1. The number of carbonyl (C=O) groups is 1. The van der Waals surface area contributed by atoms with Gasteiger partial charge < -0.3 is 14.9 Å². The molecule has 0 bridgehead atoms. The zero-order chi connectivity index (χ0) is 15.8. The molecule has 0 aliphatic heterocycles. The summed E-state index contributed by atoms with van der Waals surface area (Å²) in [6.07, 6.45) is 3.39. The Bertz CT molecular complexity index is 501. The van der Waals surface area contributed by atoms with E-state index >= 15 is 0 Å². The highest BCUT2D eigenvalue weighted by Crippen LogP contribution is 2.20. The van der Waals surface area contributed by atoms with Crippen LogP contribution in [0, 0.1) is 5.82 Å². The maximum absolute atomic E-state index is 13.7. The van der Waals surface area contributed by atoms with Crippen molar-refractivity contribution in [3.63, 3.8) is 0 Å². The molecule has 1 rings (SSSR count). The van der Waals surface area contributed by atoms with Gasteiger partial charge in [-0.3, -0.25) is 0 Å². The lowest BCUT2D eigenvalue weighted by molar-refractivity contribution is -0.131. The molecule has 0 amide bonds. The minimum atomic E-state index is -1.04. The van der Waals surface area contributed by atoms with Gasteiger partial charge in [0.1, 0.15) is 5.82 Å². The van der Waals surface area contributed by atoms with Crippen LogP contribution in [0.1, 0.15) is 18.9 Å². The molecular weight excluding hydrogens is 271 g/mol. The summed E-state index contributed by atoms with van der Waals surface area (Å²) in [6.45, 7) is 4.58. The average molecular weight is 294 g/mol. The third-order valence-corrected chi connectivity index (χ3v) is 3.00. The average Bonchev–Trinajstić information content (AvgIpc) is 2.40. The first-order chi connectivity index (χ1) is 9.92. The van der Waals surface area contributed by atoms with Gasteiger partial charge in [-0.1, -0.05) is 6.92 Å². The van der Waals surface area contributed by atoms with Crippen molar-refractivity contribution in [1.82, 2.24) is 4.90 Å². The zero-order valence-corrected chi connectivity index (χ0v) is 12.8. The predicted molar refractivity (Wildman–Crippen MR) is 84.1 cm³/mol. The van der Waals surface area contributed by atoms with Gasteiger partial charge in [0.25, 0.3) is 0 Å². The Morgan fingerprint density at radius 3 is 2.52 bits per heavy atom. The van der Waals surface area contributed by atoms with Crippen molar-refractivity contribution in [2.75, 3.05) is 38.6 Å². The third kappa shape index (κ3) is 6.40. The first-order valence-corrected chi connectivity index (χ1v) is 7.03. The van der Waals surface area contributed by atoms with Crippen LogP contribution in [0.5, 0.6) is 0 Å². The monoisotopic (exact) mass is 294 g/mol. The van der Waals surface area contributed by atoms with Gasteiger partial charge in [-0.05, 0) is 50.4 Å². The highest BCUT2D eigenvalue weighted by atomic mass is 19.1. The van der Waals surface area contributed by atoms with Crippen molar-refractivity contribution < 1.29 is 14.3 Å². The molecule has 0 spiro atoms. The largest absolute Gasteiger partial charge is 0.478 e. The Morgan fingerprint density at radius 2 is 1.95 bits per heavy atom. The van der Waals surface area contributed by atoms with Crippen molar-refractivity contribution in [1.29, 1.82) is 0 Å². The van der Waals surface area contributed by atoms with E-state index in [2.05, 4.69) is 16.7 Å². The van der Waals surface area contributed by atoms with Gasteiger partial charge in [0.2, 0.25) is 0 Å². The van der Waals surface area contributed by atoms with Gasteiger partial charge in [0, 0.05) is 31.4 Å². The van der Waals surface area contributed by atoms with Crippen molar-refractivity contribution in [2.24, 2.45) is 0 Å². The van der Waals surface area contributed by atoms with E-state index in [1.54, 1.807) is 0 Å². The van der Waals surface area contributed by atoms with Crippen LogP contribution < -0.4 is 4.90 Å². The number of rotatable bonds is 8. The van der Waals surface area contributed by atoms with Crippen LogP contribution in [0.25, 0.3) is 6.08 Å². The minimum absolute atomic E-state index is 0.358. The number of halogens is 1. The second-order valence-corrected chi connectivity index (χ2v) is 5.20. The molecular formula is C16H23FN2O2. The van der Waals surface area contributed by atoms with E-state index in [9.17, 15) is 9.18 Å². The van der Waals surface area contributed by atoms with Crippen LogP contribution in [-0.2, 0) is 4.79 Å². The fraction of sp³-hybridized carbons (Fsp3) is 0.438. The second-order valence-electron chi connectivity index (χ2n) is 5.20. The summed E-state index contributed by atoms with van der Waals surface area (Å²) in [7, 11) is 3.99. The Labute approximate surface area is 125 Å². The number of hydrogen-bond acceptors (Lipinski definition) is 3. The third-order valence-electron chi connectivity index (χ3n) is 3.00. The summed E-state index contributed by atoms with van der Waals surface area (Å²) < 4.78 is 13.7. The number of carboxylic acid groups (broad SMARTS) is 1. The zero-order valence-electron chi connectivity index (χ0n) is 12.8. The highest BCUT2D eigenvalue weighted by Gasteiger charge is 2.08. The fourth-order valence-corrected chi connectivity index (χ4v) is 2.00. The Morgan fingerprint density at radius 1 is 1.24 bits per heavy atom. The van der Waals surface area contributed by atoms with Gasteiger partial charge in [-0.2, -0.15) is 0 Å². The SMILES string of the molecule is CCCN(CCN(C)C)c1cc(F)cc(/C=C/C(=O)O)c1. The van der Waals surface area contributed by atoms with Gasteiger partial charge in [-0.15, -0.1) is 0 Å². The molecule has 0 unspecified atom stereocenters. The number of anilines is 1. The minimum Gasteiger partial charge on any atom is -0.478 e. The standard InChI is InChI=1S/C16H23FN2O2/c1-4-7-19(9-8-18(2)3)15-11-13(5-6-16(20)21)10-14(17)12-15/h5-6,10-12H,4,7-9H2,1-3H3,(H,20,21)/b6-5+. The molecule has 0 saturated carbocycles. The van der Waals surface area contributed by atoms with E-state index < -0.39 is 5.97 Å². The molecule has 0 saturated heterocycles. The Kier molecular flexibility index (Phi) is 6.88. The van der Waals surface area contributed by atoms with Gasteiger partial charge in [-0.25, -0.2) is 9.18 Å². The summed E-state index contributed by atoms with van der Waals surface area (Å²) in [5.74, 6) is -1.40. The van der Waals surface area contributed by atoms with Crippen LogP contribution in [0.15, 0.2) is 24.3 Å². The molecule has 0 aromatic heterocycles. The van der Waals surface area contributed by atoms with E-state index in [-0.39, 0.29) is 5.82 Å². The summed E-state index contributed by atoms with van der Waals surface area (Å²) in [5, 5.41) is 8.66. The predicted octanol–water partition coefficient (Wildman–Crippen LogP) is 2.70. The first kappa shape index (κ1) is 17.2. The van der Waals surface area contributed by atoms with Gasteiger partial charge >= 0.3 is 5.97 Å². The molecule has 1 N–H and O–H groups in total. The molecule has 1 aromatic rings. The van der Waals surface area contributed by atoms with Crippen molar-refractivity contribution in [2.45, 2.75) is 13.3 Å². The van der Waals surface area contributed by atoms with Crippen LogP contribution in [-0.4, -0.2) is 49.7 Å². The summed E-state index contributed by atoms with van der Waals surface area (Å²) in [5.41, 5.74) is 1.34. The van der Waals surface area contributed by atoms with E-state index in [0.717, 1.165) is 37.8 Å². The topological polar surface area (TPSA) is 43.8 Å². The lowest BCUT2D eigenvalue weighted by atomic mass is 10.1. The Balaban J connectivity index is 2.98. The molecule has 4 nitrogen and oxygen atoms in total. The normalized spacial score (nSPS) is 11.3. The molecule has 0 atom stereocenters. The maximum Gasteiger partial charge on any atom is 0.328 e. The Hall–Kier alpha value is -1.88. The second kappa shape index (κ2) is 8.42. The van der Waals surface area contributed by atoms with Gasteiger partial charge in [0.15, 0.2) is 0 Å². The molecule has 0 fully saturated rings. The molecule has 0 aliphatic rings. The molecule has 0 heterocycles. The van der Waals surface area contributed by atoms with E-state index in [1.807, 2.05) is 20.2 Å². The van der Waals surface area contributed by atoms with E-state index in [1.165, 1.54) is 18.2 Å². The number of nitrogens with zero attached hydrogens (tertiary/aromatic N) is 2. The first-order valence-electron chi connectivity index (χ1n) is 7.03. The molecule has 5 heteroatoms. The molecule has 1 aromatic carbocycles. The lowest BCUT2D eigenvalue weighted by Crippen LogP contribution is -2.32. The smallest absolute Gasteiger partial charge is 0.328 e. The van der Waals surface area contributed by atoms with Crippen molar-refractivity contribution in [3.8, 4) is 0 Å². The lowest BCUT2D eigenvalue weighted by Gasteiger charge is -2.26. The fourth-order valence-electron chi connectivity index (χ4n) is 2.00. The summed E-state index contributed by atoms with van der Waals surface area (Å²) in [6, 6.07) is 4.64. The summed E-state index contributed by atoms with van der Waals surface area (Å²) in [4.78, 5) is 14.7. The van der Waals surface area contributed by atoms with Crippen LogP contribution in [0.3, 0.4) is 0 Å². The van der Waals surface area contributed by atoms with E-state index in [4.69, 9.17) is 5.11 Å². The van der Waals surface area contributed by atoms with E-state index in [0.29, 0.717) is 5.56 Å². The van der Waals surface area contributed by atoms with Crippen molar-refractivity contribution in [3.05, 3.63) is 35.7 Å². The summed E-state index contributed by atoms with van der Waals surface area (Å²) >= 11 is 0. The molecule has 0 aliphatic carbocycles. The molecule has 116 valence electrons. The number of hydrogen-bond donors (Lipinski definition) is 1. The maximum atomic E-state index is 13.7. The molecule has 0 radical (unpaired) electrons. The molecule has 21 heavy (non-hydrogen) atoms. The van der Waals surface area contributed by atoms with Crippen LogP contribution in [0.4, 0.5) is 10.1 Å². The van der Waals surface area contributed by atoms with Gasteiger partial charge in [0.05, 0.1) is 0 Å². The number of carboxylic acids is 1. The number of benzene rings is 1. The number of aliphatic carboxylic acids is 1. The quantitative estimate of drug-likeness (QED) is 0.749. The van der Waals surface area contributed by atoms with Crippen LogP contribution >= 0.6 is 0 Å². The van der Waals surface area contributed by atoms with Crippen molar-refractivity contribution >= 4 is 17.7 Å². The van der Waals surface area contributed by atoms with Crippen LogP contribution in [0.2, 0.25) is 0 Å².